The van der Waals surface area contributed by atoms with Gasteiger partial charge in [-0.1, -0.05) is 6.92 Å². The van der Waals surface area contributed by atoms with Crippen molar-refractivity contribution < 1.29 is 29.3 Å². The first-order valence-corrected chi connectivity index (χ1v) is 8.83. The number of carboxylic acids is 1. The number of carboxylic acid groups (broad SMARTS) is 2. The normalized spacial score (nSPS) is 10.4. The molecule has 5 N–H and O–H groups in total. The van der Waals surface area contributed by atoms with Crippen LogP contribution in [0.2, 0.25) is 0 Å². The fourth-order valence-corrected chi connectivity index (χ4v) is 2.67. The maximum atomic E-state index is 12.3. The van der Waals surface area contributed by atoms with Gasteiger partial charge < -0.3 is 30.4 Å². The molecule has 2 aromatic rings. The SMILES string of the molecule is CCc1cc2[nH]cc(C(=O)O)c(=O)c2cc1CCOCCOCCN.O=CO. The number of aryl methyl sites for hydroxylation is 1. The number of rotatable bonds is 10. The summed E-state index contributed by atoms with van der Waals surface area (Å²) in [6.45, 7) is 4.28. The van der Waals surface area contributed by atoms with Crippen molar-refractivity contribution in [3.05, 3.63) is 45.2 Å². The largest absolute Gasteiger partial charge is 0.483 e. The van der Waals surface area contributed by atoms with Crippen LogP contribution in [0, 0.1) is 0 Å². The highest BCUT2D eigenvalue weighted by molar-refractivity contribution is 5.92. The zero-order valence-electron chi connectivity index (χ0n) is 15.8. The maximum Gasteiger partial charge on any atom is 0.341 e. The lowest BCUT2D eigenvalue weighted by Gasteiger charge is -2.11. The van der Waals surface area contributed by atoms with Crippen LogP contribution in [0.25, 0.3) is 10.9 Å². The fourth-order valence-electron chi connectivity index (χ4n) is 2.67. The average molecular weight is 394 g/mol. The number of H-pyrrole nitrogens is 1. The number of benzene rings is 1. The van der Waals surface area contributed by atoms with Gasteiger partial charge in [0.15, 0.2) is 0 Å². The Morgan fingerprint density at radius 1 is 1.18 bits per heavy atom. The molecule has 0 saturated carbocycles. The quantitative estimate of drug-likeness (QED) is 0.344. The van der Waals surface area contributed by atoms with E-state index in [1.165, 1.54) is 6.20 Å². The minimum atomic E-state index is -1.23. The summed E-state index contributed by atoms with van der Waals surface area (Å²) in [5, 5.41) is 16.4. The van der Waals surface area contributed by atoms with Crippen LogP contribution in [0.1, 0.15) is 28.4 Å². The lowest BCUT2D eigenvalue weighted by Crippen LogP contribution is -2.16. The summed E-state index contributed by atoms with van der Waals surface area (Å²) in [5.74, 6) is -1.23. The highest BCUT2D eigenvalue weighted by Crippen LogP contribution is 2.18. The zero-order valence-corrected chi connectivity index (χ0v) is 15.8. The smallest absolute Gasteiger partial charge is 0.341 e. The third kappa shape index (κ3) is 6.76. The third-order valence-corrected chi connectivity index (χ3v) is 3.96. The summed E-state index contributed by atoms with van der Waals surface area (Å²) in [7, 11) is 0. The molecule has 0 bridgehead atoms. The number of fused-ring (bicyclic) bond motifs is 1. The van der Waals surface area contributed by atoms with Crippen LogP contribution < -0.4 is 11.2 Å². The van der Waals surface area contributed by atoms with Gasteiger partial charge >= 0.3 is 5.97 Å². The predicted octanol–water partition coefficient (Wildman–Crippen LogP) is 1.02. The molecule has 2 rings (SSSR count). The molecule has 0 unspecified atom stereocenters. The molecule has 0 aliphatic heterocycles. The Labute approximate surface area is 162 Å². The van der Waals surface area contributed by atoms with Gasteiger partial charge in [-0.3, -0.25) is 9.59 Å². The lowest BCUT2D eigenvalue weighted by molar-refractivity contribution is -0.122. The van der Waals surface area contributed by atoms with Crippen LogP contribution in [0.5, 0.6) is 0 Å². The summed E-state index contributed by atoms with van der Waals surface area (Å²) < 4.78 is 10.8. The molecule has 154 valence electrons. The molecule has 1 aromatic heterocycles. The number of ether oxygens (including phenoxy) is 2. The molecule has 28 heavy (non-hydrogen) atoms. The van der Waals surface area contributed by atoms with E-state index in [1.807, 2.05) is 13.0 Å². The van der Waals surface area contributed by atoms with Crippen LogP contribution in [-0.2, 0) is 27.1 Å². The van der Waals surface area contributed by atoms with E-state index in [4.69, 9.17) is 30.2 Å². The number of aromatic carboxylic acids is 1. The van der Waals surface area contributed by atoms with Crippen LogP contribution >= 0.6 is 0 Å². The summed E-state index contributed by atoms with van der Waals surface area (Å²) in [5.41, 5.74) is 7.35. The number of aromatic amines is 1. The standard InChI is InChI=1S/C18H24N2O5.CH2O2/c1-2-12-10-16-14(17(21)15(11-20-16)18(22)23)9-13(12)3-5-24-7-8-25-6-4-19;2-1-3/h9-11H,2-8,19H2,1H3,(H,20,21)(H,22,23);1H,(H,2,3). The van der Waals surface area contributed by atoms with Gasteiger partial charge in [0.25, 0.3) is 6.47 Å². The second kappa shape index (κ2) is 12.6. The molecule has 0 atom stereocenters. The fraction of sp³-hybridized carbons (Fsp3) is 0.421. The van der Waals surface area contributed by atoms with Crippen molar-refractivity contribution >= 4 is 23.3 Å². The molecule has 0 fully saturated rings. The highest BCUT2D eigenvalue weighted by Gasteiger charge is 2.13. The number of carbonyl (C=O) groups is 2. The monoisotopic (exact) mass is 394 g/mol. The molecule has 9 heteroatoms. The molecular weight excluding hydrogens is 368 g/mol. The average Bonchev–Trinajstić information content (AvgIpc) is 2.67. The second-order valence-electron chi connectivity index (χ2n) is 5.73. The Morgan fingerprint density at radius 3 is 2.39 bits per heavy atom. The van der Waals surface area contributed by atoms with E-state index >= 15 is 0 Å². The molecule has 0 spiro atoms. The van der Waals surface area contributed by atoms with E-state index in [2.05, 4.69) is 4.98 Å². The van der Waals surface area contributed by atoms with Gasteiger partial charge in [0.05, 0.1) is 26.4 Å². The second-order valence-corrected chi connectivity index (χ2v) is 5.73. The predicted molar refractivity (Wildman–Crippen MR) is 104 cm³/mol. The number of hydrogen-bond acceptors (Lipinski definition) is 6. The molecule has 0 saturated heterocycles. The molecular formula is C19H26N2O7. The molecule has 1 heterocycles. The number of hydrogen-bond donors (Lipinski definition) is 4. The summed E-state index contributed by atoms with van der Waals surface area (Å²) in [4.78, 5) is 34.7. The Hall–Kier alpha value is -2.75. The third-order valence-electron chi connectivity index (χ3n) is 3.96. The van der Waals surface area contributed by atoms with Crippen molar-refractivity contribution in [2.24, 2.45) is 5.73 Å². The van der Waals surface area contributed by atoms with Gasteiger partial charge in [0.1, 0.15) is 5.56 Å². The van der Waals surface area contributed by atoms with Crippen LogP contribution in [0.15, 0.2) is 23.1 Å². The number of nitrogens with one attached hydrogen (secondary N) is 1. The number of nitrogens with two attached hydrogens (primary N) is 1. The number of pyridine rings is 1. The maximum absolute atomic E-state index is 12.3. The first-order valence-electron chi connectivity index (χ1n) is 8.83. The van der Waals surface area contributed by atoms with E-state index in [1.54, 1.807) is 6.07 Å². The van der Waals surface area contributed by atoms with E-state index in [0.717, 1.165) is 17.5 Å². The highest BCUT2D eigenvalue weighted by atomic mass is 16.5. The van der Waals surface area contributed by atoms with Crippen molar-refractivity contribution in [3.63, 3.8) is 0 Å². The van der Waals surface area contributed by atoms with Gasteiger partial charge in [0, 0.05) is 23.6 Å². The molecule has 0 aliphatic rings. The first-order chi connectivity index (χ1) is 13.5. The Kier molecular flexibility index (Phi) is 10.5. The summed E-state index contributed by atoms with van der Waals surface area (Å²) in [6.07, 6.45) is 2.71. The van der Waals surface area contributed by atoms with Gasteiger partial charge in [-0.25, -0.2) is 4.79 Å². The van der Waals surface area contributed by atoms with Crippen molar-refractivity contribution in [1.29, 1.82) is 0 Å². The number of aromatic nitrogens is 1. The van der Waals surface area contributed by atoms with E-state index in [9.17, 15) is 9.59 Å². The van der Waals surface area contributed by atoms with Crippen molar-refractivity contribution in [3.8, 4) is 0 Å². The van der Waals surface area contributed by atoms with E-state index in [0.29, 0.717) is 50.3 Å². The van der Waals surface area contributed by atoms with Gasteiger partial charge in [0.2, 0.25) is 5.43 Å². The lowest BCUT2D eigenvalue weighted by atomic mass is 9.99. The molecule has 0 amide bonds. The minimum absolute atomic E-state index is 0.250. The minimum Gasteiger partial charge on any atom is -0.483 e. The summed E-state index contributed by atoms with van der Waals surface area (Å²) >= 11 is 0. The first kappa shape index (κ1) is 23.3. The van der Waals surface area contributed by atoms with Gasteiger partial charge in [-0.15, -0.1) is 0 Å². The van der Waals surface area contributed by atoms with Crippen LogP contribution in [-0.4, -0.2) is 60.6 Å². The topological polar surface area (TPSA) is 152 Å². The Bertz CT molecular complexity index is 833. The Morgan fingerprint density at radius 2 is 1.82 bits per heavy atom. The Balaban J connectivity index is 0.00000122. The van der Waals surface area contributed by atoms with E-state index in [-0.39, 0.29) is 12.0 Å². The van der Waals surface area contributed by atoms with Crippen molar-refractivity contribution in [2.45, 2.75) is 19.8 Å². The van der Waals surface area contributed by atoms with Crippen molar-refractivity contribution in [2.75, 3.05) is 33.0 Å². The molecule has 9 nitrogen and oxygen atoms in total. The van der Waals surface area contributed by atoms with Crippen LogP contribution in [0.3, 0.4) is 0 Å². The van der Waals surface area contributed by atoms with Gasteiger partial charge in [-0.2, -0.15) is 0 Å². The van der Waals surface area contributed by atoms with Crippen LogP contribution in [0.4, 0.5) is 0 Å². The molecule has 0 radical (unpaired) electrons. The zero-order chi connectivity index (χ0) is 20.9. The van der Waals surface area contributed by atoms with E-state index < -0.39 is 11.4 Å². The van der Waals surface area contributed by atoms with Gasteiger partial charge in [-0.05, 0) is 36.1 Å². The summed E-state index contributed by atoms with van der Waals surface area (Å²) in [6, 6.07) is 3.68. The van der Waals surface area contributed by atoms with Crippen molar-refractivity contribution in [1.82, 2.24) is 4.98 Å². The molecule has 0 aliphatic carbocycles. The molecule has 1 aromatic carbocycles.